The summed E-state index contributed by atoms with van der Waals surface area (Å²) >= 11 is 0. The highest BCUT2D eigenvalue weighted by molar-refractivity contribution is 5.75. The number of urea groups is 1. The highest BCUT2D eigenvalue weighted by atomic mass is 16.5. The molecule has 6 nitrogen and oxygen atoms in total. The van der Waals surface area contributed by atoms with Crippen LogP contribution < -0.4 is 0 Å². The van der Waals surface area contributed by atoms with Gasteiger partial charge in [0.1, 0.15) is 0 Å². The van der Waals surface area contributed by atoms with E-state index < -0.39 is 0 Å². The van der Waals surface area contributed by atoms with Crippen LogP contribution >= 0.6 is 0 Å². The number of ether oxygens (including phenoxy) is 1. The van der Waals surface area contributed by atoms with Crippen LogP contribution in [0.25, 0.3) is 0 Å². The van der Waals surface area contributed by atoms with E-state index in [1.54, 1.807) is 7.11 Å². The van der Waals surface area contributed by atoms with E-state index in [1.807, 2.05) is 27.7 Å². The molecule has 2 aliphatic rings. The van der Waals surface area contributed by atoms with Gasteiger partial charge in [-0.25, -0.2) is 4.79 Å². The van der Waals surface area contributed by atoms with Crippen molar-refractivity contribution in [1.29, 1.82) is 0 Å². The van der Waals surface area contributed by atoms with Crippen molar-refractivity contribution in [2.24, 2.45) is 7.05 Å². The maximum atomic E-state index is 12.6. The zero-order valence-electron chi connectivity index (χ0n) is 12.2. The van der Waals surface area contributed by atoms with E-state index in [1.165, 1.54) is 5.69 Å². The van der Waals surface area contributed by atoms with E-state index in [0.29, 0.717) is 13.2 Å². The normalized spacial score (nSPS) is 22.2. The smallest absolute Gasteiger partial charge is 0.320 e. The lowest BCUT2D eigenvalue weighted by Crippen LogP contribution is -2.46. The standard InChI is InChI=1S/C14H22N4O2/c1-16-13-11(7-15-16)8-18(9-12(13)10-20-2)14(19)17-5-3-4-6-17/h7,12H,3-6,8-10H2,1-2H3/t12-/m0/s1. The van der Waals surface area contributed by atoms with E-state index in [-0.39, 0.29) is 11.9 Å². The number of rotatable bonds is 2. The Morgan fingerprint density at radius 2 is 2.15 bits per heavy atom. The van der Waals surface area contributed by atoms with Crippen LogP contribution in [0.4, 0.5) is 4.79 Å². The maximum absolute atomic E-state index is 12.6. The summed E-state index contributed by atoms with van der Waals surface area (Å²) in [6.07, 6.45) is 4.12. The largest absolute Gasteiger partial charge is 0.384 e. The molecule has 1 saturated heterocycles. The van der Waals surface area contributed by atoms with Crippen LogP contribution in [0.2, 0.25) is 0 Å². The van der Waals surface area contributed by atoms with Gasteiger partial charge < -0.3 is 14.5 Å². The fraction of sp³-hybridized carbons (Fsp3) is 0.714. The third kappa shape index (κ3) is 2.28. The topological polar surface area (TPSA) is 50.6 Å². The molecule has 20 heavy (non-hydrogen) atoms. The summed E-state index contributed by atoms with van der Waals surface area (Å²) in [5.41, 5.74) is 2.35. The number of amides is 2. The number of carbonyl (C=O) groups is 1. The number of aryl methyl sites for hydroxylation is 1. The van der Waals surface area contributed by atoms with Gasteiger partial charge in [-0.1, -0.05) is 0 Å². The Morgan fingerprint density at radius 3 is 2.85 bits per heavy atom. The van der Waals surface area contributed by atoms with E-state index in [9.17, 15) is 4.79 Å². The average molecular weight is 278 g/mol. The monoisotopic (exact) mass is 278 g/mol. The number of methoxy groups -OCH3 is 1. The lowest BCUT2D eigenvalue weighted by Gasteiger charge is -2.35. The molecule has 0 N–H and O–H groups in total. The summed E-state index contributed by atoms with van der Waals surface area (Å²) in [6, 6.07) is 0.165. The molecule has 0 unspecified atom stereocenters. The predicted octanol–water partition coefficient (Wildman–Crippen LogP) is 1.18. The van der Waals surface area contributed by atoms with Crippen molar-refractivity contribution in [1.82, 2.24) is 19.6 Å². The third-order valence-corrected chi connectivity index (χ3v) is 4.27. The molecule has 6 heteroatoms. The van der Waals surface area contributed by atoms with Crippen molar-refractivity contribution < 1.29 is 9.53 Å². The molecule has 2 amide bonds. The van der Waals surface area contributed by atoms with Crippen molar-refractivity contribution in [3.8, 4) is 0 Å². The molecule has 1 aromatic heterocycles. The van der Waals surface area contributed by atoms with Crippen LogP contribution in [0.1, 0.15) is 30.0 Å². The van der Waals surface area contributed by atoms with Gasteiger partial charge in [-0.15, -0.1) is 0 Å². The number of nitrogens with zero attached hydrogens (tertiary/aromatic N) is 4. The Bertz CT molecular complexity index is 493. The number of carbonyl (C=O) groups excluding carboxylic acids is 1. The van der Waals surface area contributed by atoms with Crippen molar-refractivity contribution in [2.75, 3.05) is 33.4 Å². The summed E-state index contributed by atoms with van der Waals surface area (Å²) in [7, 11) is 3.66. The second-order valence-electron chi connectivity index (χ2n) is 5.69. The molecule has 0 saturated carbocycles. The van der Waals surface area contributed by atoms with Gasteiger partial charge in [0, 0.05) is 45.3 Å². The molecule has 1 fully saturated rings. The molecule has 0 radical (unpaired) electrons. The predicted molar refractivity (Wildman–Crippen MR) is 74.4 cm³/mol. The van der Waals surface area contributed by atoms with Gasteiger partial charge in [0.2, 0.25) is 0 Å². The quantitative estimate of drug-likeness (QED) is 0.816. The number of aromatic nitrogens is 2. The Balaban J connectivity index is 1.80. The summed E-state index contributed by atoms with van der Waals surface area (Å²) in [5, 5.41) is 4.33. The summed E-state index contributed by atoms with van der Waals surface area (Å²) in [6.45, 7) is 3.79. The molecule has 110 valence electrons. The van der Waals surface area contributed by atoms with E-state index >= 15 is 0 Å². The first-order valence-electron chi connectivity index (χ1n) is 7.24. The Hall–Kier alpha value is -1.56. The summed E-state index contributed by atoms with van der Waals surface area (Å²) < 4.78 is 7.24. The molecule has 0 aromatic carbocycles. The lowest BCUT2D eigenvalue weighted by molar-refractivity contribution is 0.124. The molecular weight excluding hydrogens is 256 g/mol. The molecule has 3 heterocycles. The molecule has 1 atom stereocenters. The fourth-order valence-corrected chi connectivity index (χ4v) is 3.35. The van der Waals surface area contributed by atoms with Gasteiger partial charge >= 0.3 is 6.03 Å². The van der Waals surface area contributed by atoms with Crippen molar-refractivity contribution in [3.05, 3.63) is 17.5 Å². The molecular formula is C14H22N4O2. The Labute approximate surface area is 119 Å². The van der Waals surface area contributed by atoms with Gasteiger partial charge in [0.05, 0.1) is 25.0 Å². The van der Waals surface area contributed by atoms with Crippen molar-refractivity contribution >= 4 is 6.03 Å². The summed E-state index contributed by atoms with van der Waals surface area (Å²) in [5.74, 6) is 0.211. The molecule has 0 aliphatic carbocycles. The van der Waals surface area contributed by atoms with E-state index in [2.05, 4.69) is 5.10 Å². The van der Waals surface area contributed by atoms with Gasteiger partial charge in [-0.3, -0.25) is 4.68 Å². The van der Waals surface area contributed by atoms with Gasteiger partial charge in [0.15, 0.2) is 0 Å². The lowest BCUT2D eigenvalue weighted by atomic mass is 9.97. The van der Waals surface area contributed by atoms with Crippen LogP contribution in [0.15, 0.2) is 6.20 Å². The average Bonchev–Trinajstić information content (AvgIpc) is 3.08. The highest BCUT2D eigenvalue weighted by Crippen LogP contribution is 2.29. The number of likely N-dealkylation sites (tertiary alicyclic amines) is 1. The molecule has 1 aromatic rings. The van der Waals surface area contributed by atoms with Crippen molar-refractivity contribution in [3.63, 3.8) is 0 Å². The Morgan fingerprint density at radius 1 is 1.40 bits per heavy atom. The van der Waals surface area contributed by atoms with Crippen LogP contribution in [-0.4, -0.2) is 59.0 Å². The fourth-order valence-electron chi connectivity index (χ4n) is 3.35. The first-order chi connectivity index (χ1) is 9.70. The van der Waals surface area contributed by atoms with Gasteiger partial charge in [0.25, 0.3) is 0 Å². The maximum Gasteiger partial charge on any atom is 0.320 e. The SMILES string of the molecule is COC[C@@H]1CN(C(=O)N2CCCC2)Cc2cnn(C)c21. The first-order valence-corrected chi connectivity index (χ1v) is 7.24. The number of fused-ring (bicyclic) bond motifs is 1. The molecule has 0 bridgehead atoms. The third-order valence-electron chi connectivity index (χ3n) is 4.27. The van der Waals surface area contributed by atoms with Gasteiger partial charge in [-0.2, -0.15) is 5.10 Å². The van der Waals surface area contributed by atoms with Crippen LogP contribution in [0.3, 0.4) is 0 Å². The van der Waals surface area contributed by atoms with Crippen LogP contribution in [0, 0.1) is 0 Å². The van der Waals surface area contributed by atoms with Crippen molar-refractivity contribution in [2.45, 2.75) is 25.3 Å². The summed E-state index contributed by atoms with van der Waals surface area (Å²) in [4.78, 5) is 16.5. The minimum atomic E-state index is 0.165. The minimum Gasteiger partial charge on any atom is -0.384 e. The van der Waals surface area contributed by atoms with Crippen LogP contribution in [0.5, 0.6) is 0 Å². The molecule has 2 aliphatic heterocycles. The number of hydrogen-bond donors (Lipinski definition) is 0. The molecule has 3 rings (SSSR count). The van der Waals surface area contributed by atoms with Crippen LogP contribution in [-0.2, 0) is 18.3 Å². The first kappa shape index (κ1) is 13.4. The minimum absolute atomic E-state index is 0.165. The van der Waals surface area contributed by atoms with E-state index in [0.717, 1.165) is 38.0 Å². The second kappa shape index (κ2) is 5.44. The highest BCUT2D eigenvalue weighted by Gasteiger charge is 2.33. The molecule has 0 spiro atoms. The Kier molecular flexibility index (Phi) is 3.65. The van der Waals surface area contributed by atoms with E-state index in [4.69, 9.17) is 4.74 Å². The van der Waals surface area contributed by atoms with Gasteiger partial charge in [-0.05, 0) is 12.8 Å². The zero-order chi connectivity index (χ0) is 14.1. The number of hydrogen-bond acceptors (Lipinski definition) is 3. The zero-order valence-corrected chi connectivity index (χ0v) is 12.2. The second-order valence-corrected chi connectivity index (χ2v) is 5.69.